The zero-order chi connectivity index (χ0) is 20.6. The molecule has 1 unspecified atom stereocenters. The van der Waals surface area contributed by atoms with Gasteiger partial charge in [-0.05, 0) is 42.0 Å². The molecule has 0 bridgehead atoms. The van der Waals surface area contributed by atoms with Gasteiger partial charge in [0.2, 0.25) is 5.91 Å². The van der Waals surface area contributed by atoms with Crippen LogP contribution < -0.4 is 5.32 Å². The van der Waals surface area contributed by atoms with Gasteiger partial charge < -0.3 is 15.1 Å². The van der Waals surface area contributed by atoms with Crippen LogP contribution in [0.1, 0.15) is 26.5 Å². The molecule has 1 aliphatic rings. The van der Waals surface area contributed by atoms with E-state index in [-0.39, 0.29) is 17.7 Å². The molecule has 29 heavy (non-hydrogen) atoms. The largest absolute Gasteiger partial charge is 0.340 e. The number of piperazine rings is 1. The first-order valence-corrected chi connectivity index (χ1v) is 11.8. The number of rotatable bonds is 7. The standard InChI is InChI=1S/C21H25N3O3S2/c1-28-15-9-17(22-19(25)16-6-3-2-4-7-16)20(26)23-10-12-24(13-11-23)21(27)18-8-5-14-29-18/h2-8,14,17H,9-13,15H2,1H3,(H,22,25). The Bertz CT molecular complexity index is 819. The number of thiophene rings is 1. The van der Waals surface area contributed by atoms with Crippen LogP contribution in [-0.2, 0) is 4.79 Å². The molecule has 0 aliphatic carbocycles. The van der Waals surface area contributed by atoms with Crippen LogP contribution in [-0.4, -0.2) is 71.8 Å². The lowest BCUT2D eigenvalue weighted by molar-refractivity contribution is -0.134. The second-order valence-electron chi connectivity index (χ2n) is 6.77. The van der Waals surface area contributed by atoms with Crippen LogP contribution >= 0.6 is 23.1 Å². The number of hydrogen-bond acceptors (Lipinski definition) is 5. The summed E-state index contributed by atoms with van der Waals surface area (Å²) in [5, 5.41) is 4.79. The van der Waals surface area contributed by atoms with Gasteiger partial charge in [0.15, 0.2) is 0 Å². The quantitative estimate of drug-likeness (QED) is 0.732. The van der Waals surface area contributed by atoms with Gasteiger partial charge in [0.25, 0.3) is 11.8 Å². The van der Waals surface area contributed by atoms with Crippen molar-refractivity contribution in [2.45, 2.75) is 12.5 Å². The summed E-state index contributed by atoms with van der Waals surface area (Å²) < 4.78 is 0. The van der Waals surface area contributed by atoms with E-state index < -0.39 is 6.04 Å². The Morgan fingerprint density at radius 1 is 1.03 bits per heavy atom. The third-order valence-corrected chi connectivity index (χ3v) is 6.36. The highest BCUT2D eigenvalue weighted by molar-refractivity contribution is 7.98. The normalized spacial score (nSPS) is 15.1. The summed E-state index contributed by atoms with van der Waals surface area (Å²) in [5.74, 6) is 0.481. The maximum absolute atomic E-state index is 13.1. The molecule has 154 valence electrons. The SMILES string of the molecule is CSCCC(NC(=O)c1ccccc1)C(=O)N1CCN(C(=O)c2cccs2)CC1. The van der Waals surface area contributed by atoms with Crippen LogP contribution in [0.2, 0.25) is 0 Å². The summed E-state index contributed by atoms with van der Waals surface area (Å²) in [6.45, 7) is 1.97. The first-order valence-electron chi connectivity index (χ1n) is 9.56. The Morgan fingerprint density at radius 3 is 2.34 bits per heavy atom. The molecule has 2 aromatic rings. The van der Waals surface area contributed by atoms with Crippen LogP contribution in [0.25, 0.3) is 0 Å². The summed E-state index contributed by atoms with van der Waals surface area (Å²) in [7, 11) is 0. The van der Waals surface area contributed by atoms with E-state index in [4.69, 9.17) is 0 Å². The predicted octanol–water partition coefficient (Wildman–Crippen LogP) is 2.58. The molecule has 2 heterocycles. The van der Waals surface area contributed by atoms with Crippen molar-refractivity contribution >= 4 is 40.8 Å². The molecule has 1 N–H and O–H groups in total. The number of amides is 3. The molecule has 0 spiro atoms. The summed E-state index contributed by atoms with van der Waals surface area (Å²) >= 11 is 3.07. The average Bonchev–Trinajstić information content (AvgIpc) is 3.31. The molecular formula is C21H25N3O3S2. The number of hydrogen-bond donors (Lipinski definition) is 1. The van der Waals surface area contributed by atoms with Gasteiger partial charge in [-0.2, -0.15) is 11.8 Å². The van der Waals surface area contributed by atoms with Gasteiger partial charge in [0.1, 0.15) is 6.04 Å². The van der Waals surface area contributed by atoms with Crippen LogP contribution in [0.3, 0.4) is 0 Å². The van der Waals surface area contributed by atoms with Crippen molar-refractivity contribution in [2.75, 3.05) is 38.2 Å². The van der Waals surface area contributed by atoms with E-state index in [1.165, 1.54) is 11.3 Å². The molecule has 1 aliphatic heterocycles. The third kappa shape index (κ3) is 5.61. The second kappa shape index (κ2) is 10.5. The average molecular weight is 432 g/mol. The van der Waals surface area contributed by atoms with Crippen LogP contribution in [0, 0.1) is 0 Å². The van der Waals surface area contributed by atoms with E-state index >= 15 is 0 Å². The number of nitrogens with zero attached hydrogens (tertiary/aromatic N) is 2. The molecule has 1 saturated heterocycles. The Hall–Kier alpha value is -2.32. The molecule has 1 atom stereocenters. The molecule has 1 aromatic heterocycles. The number of benzene rings is 1. The van der Waals surface area contributed by atoms with Gasteiger partial charge in [-0.3, -0.25) is 14.4 Å². The van der Waals surface area contributed by atoms with Crippen LogP contribution in [0.15, 0.2) is 47.8 Å². The van der Waals surface area contributed by atoms with Gasteiger partial charge in [0.05, 0.1) is 4.88 Å². The molecule has 0 radical (unpaired) electrons. The monoisotopic (exact) mass is 431 g/mol. The molecule has 1 aromatic carbocycles. The van der Waals surface area contributed by atoms with E-state index in [1.807, 2.05) is 29.8 Å². The fourth-order valence-electron chi connectivity index (χ4n) is 3.23. The second-order valence-corrected chi connectivity index (χ2v) is 8.70. The van der Waals surface area contributed by atoms with Crippen molar-refractivity contribution in [3.05, 3.63) is 58.3 Å². The summed E-state index contributed by atoms with van der Waals surface area (Å²) in [6, 6.07) is 12.1. The van der Waals surface area contributed by atoms with Gasteiger partial charge >= 0.3 is 0 Å². The fraction of sp³-hybridized carbons (Fsp3) is 0.381. The number of nitrogens with one attached hydrogen (secondary N) is 1. The highest BCUT2D eigenvalue weighted by atomic mass is 32.2. The zero-order valence-electron chi connectivity index (χ0n) is 16.4. The Labute approximate surface area is 179 Å². The molecule has 6 nitrogen and oxygen atoms in total. The van der Waals surface area contributed by atoms with Crippen molar-refractivity contribution in [1.29, 1.82) is 0 Å². The fourth-order valence-corrected chi connectivity index (χ4v) is 4.39. The van der Waals surface area contributed by atoms with Crippen molar-refractivity contribution in [1.82, 2.24) is 15.1 Å². The van der Waals surface area contributed by atoms with E-state index in [0.717, 1.165) is 10.6 Å². The van der Waals surface area contributed by atoms with Crippen LogP contribution in [0.4, 0.5) is 0 Å². The van der Waals surface area contributed by atoms with E-state index in [2.05, 4.69) is 5.32 Å². The Kier molecular flexibility index (Phi) is 7.71. The summed E-state index contributed by atoms with van der Waals surface area (Å²) in [4.78, 5) is 42.4. The first-order chi connectivity index (χ1) is 14.1. The van der Waals surface area contributed by atoms with Crippen molar-refractivity contribution in [2.24, 2.45) is 0 Å². The number of thioether (sulfide) groups is 1. The minimum absolute atomic E-state index is 0.0170. The minimum atomic E-state index is -0.560. The molecule has 0 saturated carbocycles. The van der Waals surface area contributed by atoms with E-state index in [1.54, 1.807) is 45.8 Å². The third-order valence-electron chi connectivity index (χ3n) is 4.86. The van der Waals surface area contributed by atoms with Gasteiger partial charge in [-0.1, -0.05) is 24.3 Å². The van der Waals surface area contributed by atoms with E-state index in [0.29, 0.717) is 38.2 Å². The molecule has 8 heteroatoms. The zero-order valence-corrected chi connectivity index (χ0v) is 18.0. The first kappa shape index (κ1) is 21.4. The Balaban J connectivity index is 1.59. The molecule has 3 amide bonds. The lowest BCUT2D eigenvalue weighted by Crippen LogP contribution is -2.56. The van der Waals surface area contributed by atoms with Crippen molar-refractivity contribution in [3.63, 3.8) is 0 Å². The predicted molar refractivity (Wildman–Crippen MR) is 117 cm³/mol. The van der Waals surface area contributed by atoms with Gasteiger partial charge in [0, 0.05) is 31.7 Å². The topological polar surface area (TPSA) is 69.7 Å². The van der Waals surface area contributed by atoms with Gasteiger partial charge in [-0.25, -0.2) is 0 Å². The number of carbonyl (C=O) groups excluding carboxylic acids is 3. The van der Waals surface area contributed by atoms with Crippen molar-refractivity contribution < 1.29 is 14.4 Å². The molecule has 3 rings (SSSR count). The van der Waals surface area contributed by atoms with Crippen LogP contribution in [0.5, 0.6) is 0 Å². The number of carbonyl (C=O) groups is 3. The Morgan fingerprint density at radius 2 is 1.72 bits per heavy atom. The highest BCUT2D eigenvalue weighted by Gasteiger charge is 2.30. The lowest BCUT2D eigenvalue weighted by atomic mass is 10.1. The summed E-state index contributed by atoms with van der Waals surface area (Å²) in [6.07, 6.45) is 2.56. The smallest absolute Gasteiger partial charge is 0.264 e. The molecule has 1 fully saturated rings. The van der Waals surface area contributed by atoms with Gasteiger partial charge in [-0.15, -0.1) is 11.3 Å². The van der Waals surface area contributed by atoms with Crippen molar-refractivity contribution in [3.8, 4) is 0 Å². The maximum Gasteiger partial charge on any atom is 0.264 e. The lowest BCUT2D eigenvalue weighted by Gasteiger charge is -2.36. The summed E-state index contributed by atoms with van der Waals surface area (Å²) in [5.41, 5.74) is 0.542. The highest BCUT2D eigenvalue weighted by Crippen LogP contribution is 2.15. The molecular weight excluding hydrogens is 406 g/mol. The maximum atomic E-state index is 13.1. The minimum Gasteiger partial charge on any atom is -0.340 e. The van der Waals surface area contributed by atoms with E-state index in [9.17, 15) is 14.4 Å².